The van der Waals surface area contributed by atoms with Crippen LogP contribution in [0.5, 0.6) is 0 Å². The Bertz CT molecular complexity index is 777. The van der Waals surface area contributed by atoms with Crippen LogP contribution in [0.1, 0.15) is 46.4 Å². The van der Waals surface area contributed by atoms with Gasteiger partial charge < -0.3 is 5.73 Å². The predicted octanol–water partition coefficient (Wildman–Crippen LogP) is 4.07. The van der Waals surface area contributed by atoms with E-state index in [1.54, 1.807) is 0 Å². The van der Waals surface area contributed by atoms with Crippen molar-refractivity contribution in [3.63, 3.8) is 0 Å². The van der Waals surface area contributed by atoms with Crippen LogP contribution < -0.4 is 5.73 Å². The summed E-state index contributed by atoms with van der Waals surface area (Å²) in [6.45, 7) is 6.29. The van der Waals surface area contributed by atoms with Gasteiger partial charge in [-0.1, -0.05) is 12.2 Å². The van der Waals surface area contributed by atoms with Gasteiger partial charge in [0.05, 0.1) is 11.4 Å². The molecule has 1 aliphatic carbocycles. The second-order valence-electron chi connectivity index (χ2n) is 6.04. The van der Waals surface area contributed by atoms with Gasteiger partial charge in [-0.15, -0.1) is 0 Å². The molecule has 116 valence electrons. The lowest BCUT2D eigenvalue weighted by Gasteiger charge is -2.17. The summed E-state index contributed by atoms with van der Waals surface area (Å²) in [6, 6.07) is 2.08. The smallest absolute Gasteiger partial charge is 0.113 e. The topological polar surface area (TPSA) is 43.8 Å². The van der Waals surface area contributed by atoms with Crippen LogP contribution in [0.3, 0.4) is 0 Å². The lowest BCUT2D eigenvalue weighted by atomic mass is 9.97. The van der Waals surface area contributed by atoms with Gasteiger partial charge in [-0.05, 0) is 85.1 Å². The van der Waals surface area contributed by atoms with E-state index in [1.807, 2.05) is 0 Å². The standard InChI is InChI=1S/C17H20BrN3S/c1-9-8-13(17(19)22)10(2)11(3)15(9)21-16(18)12-6-4-5-7-14(12)20-21/h8H,4-7H2,1-3H3,(H2,19,22). The molecule has 5 heteroatoms. The number of nitrogens with two attached hydrogens (primary N) is 1. The molecule has 1 aromatic carbocycles. The Morgan fingerprint density at radius 1 is 1.23 bits per heavy atom. The van der Waals surface area contributed by atoms with Crippen molar-refractivity contribution in [1.82, 2.24) is 9.78 Å². The van der Waals surface area contributed by atoms with Gasteiger partial charge >= 0.3 is 0 Å². The van der Waals surface area contributed by atoms with Crippen molar-refractivity contribution in [3.05, 3.63) is 44.2 Å². The molecule has 3 nitrogen and oxygen atoms in total. The van der Waals surface area contributed by atoms with Crippen molar-refractivity contribution < 1.29 is 0 Å². The Morgan fingerprint density at radius 2 is 1.91 bits per heavy atom. The SMILES string of the molecule is Cc1cc(C(N)=S)c(C)c(C)c1-n1nc2c(c1Br)CCCC2. The molecule has 1 heterocycles. The highest BCUT2D eigenvalue weighted by atomic mass is 79.9. The normalized spacial score (nSPS) is 14.0. The Morgan fingerprint density at radius 3 is 2.55 bits per heavy atom. The fourth-order valence-electron chi connectivity index (χ4n) is 3.31. The number of nitrogens with zero attached hydrogens (tertiary/aromatic N) is 2. The van der Waals surface area contributed by atoms with E-state index in [2.05, 4.69) is 47.4 Å². The van der Waals surface area contributed by atoms with Gasteiger partial charge in [0.1, 0.15) is 9.59 Å². The van der Waals surface area contributed by atoms with Gasteiger partial charge in [0.2, 0.25) is 0 Å². The van der Waals surface area contributed by atoms with Gasteiger partial charge in [-0.2, -0.15) is 5.10 Å². The molecule has 0 amide bonds. The lowest BCUT2D eigenvalue weighted by molar-refractivity contribution is 0.670. The summed E-state index contributed by atoms with van der Waals surface area (Å²) in [7, 11) is 0. The van der Waals surface area contributed by atoms with E-state index in [0.29, 0.717) is 4.99 Å². The number of halogens is 1. The number of thiocarbonyl (C=S) groups is 1. The van der Waals surface area contributed by atoms with Crippen molar-refractivity contribution >= 4 is 33.1 Å². The average molecular weight is 378 g/mol. The number of benzene rings is 1. The molecular formula is C17H20BrN3S. The molecule has 2 aromatic rings. The first-order valence-corrected chi connectivity index (χ1v) is 8.79. The molecule has 0 atom stereocenters. The first-order valence-electron chi connectivity index (χ1n) is 7.59. The molecule has 0 radical (unpaired) electrons. The Balaban J connectivity index is 2.23. The molecular weight excluding hydrogens is 358 g/mol. The van der Waals surface area contributed by atoms with Gasteiger partial charge in [-0.3, -0.25) is 0 Å². The van der Waals surface area contributed by atoms with Crippen molar-refractivity contribution in [2.75, 3.05) is 0 Å². The molecule has 1 aromatic heterocycles. The molecule has 0 spiro atoms. The summed E-state index contributed by atoms with van der Waals surface area (Å²) in [6.07, 6.45) is 4.66. The largest absolute Gasteiger partial charge is 0.389 e. The summed E-state index contributed by atoms with van der Waals surface area (Å²) in [5.41, 5.74) is 14.0. The van der Waals surface area contributed by atoms with Crippen molar-refractivity contribution in [3.8, 4) is 5.69 Å². The number of aryl methyl sites for hydroxylation is 2. The first kappa shape index (κ1) is 15.7. The monoisotopic (exact) mass is 377 g/mol. The van der Waals surface area contributed by atoms with E-state index in [0.717, 1.165) is 39.8 Å². The summed E-state index contributed by atoms with van der Waals surface area (Å²) in [5.74, 6) is 0. The Labute approximate surface area is 145 Å². The summed E-state index contributed by atoms with van der Waals surface area (Å²) >= 11 is 8.94. The fraction of sp³-hybridized carbons (Fsp3) is 0.412. The number of hydrogen-bond acceptors (Lipinski definition) is 2. The summed E-state index contributed by atoms with van der Waals surface area (Å²) in [4.78, 5) is 0.453. The van der Waals surface area contributed by atoms with Crippen LogP contribution in [0.4, 0.5) is 0 Å². The van der Waals surface area contributed by atoms with Crippen molar-refractivity contribution in [2.45, 2.75) is 46.5 Å². The van der Waals surface area contributed by atoms with E-state index in [1.165, 1.54) is 29.7 Å². The maximum Gasteiger partial charge on any atom is 0.113 e. The molecule has 0 saturated carbocycles. The lowest BCUT2D eigenvalue weighted by Crippen LogP contribution is -2.14. The predicted molar refractivity (Wildman–Crippen MR) is 98.0 cm³/mol. The highest BCUT2D eigenvalue weighted by Crippen LogP contribution is 2.33. The van der Waals surface area contributed by atoms with Crippen molar-refractivity contribution in [1.29, 1.82) is 0 Å². The van der Waals surface area contributed by atoms with E-state index >= 15 is 0 Å². The van der Waals surface area contributed by atoms with Gasteiger partial charge in [-0.25, -0.2) is 4.68 Å². The van der Waals surface area contributed by atoms with Gasteiger partial charge in [0.15, 0.2) is 0 Å². The Hall–Kier alpha value is -1.20. The number of aromatic nitrogens is 2. The third-order valence-corrected chi connectivity index (χ3v) is 5.66. The van der Waals surface area contributed by atoms with Gasteiger partial charge in [0.25, 0.3) is 0 Å². The number of fused-ring (bicyclic) bond motifs is 1. The third-order valence-electron chi connectivity index (χ3n) is 4.63. The maximum absolute atomic E-state index is 5.85. The van der Waals surface area contributed by atoms with Crippen LogP contribution in [-0.2, 0) is 12.8 Å². The zero-order valence-electron chi connectivity index (χ0n) is 13.2. The van der Waals surface area contributed by atoms with E-state index in [-0.39, 0.29) is 0 Å². The zero-order valence-corrected chi connectivity index (χ0v) is 15.6. The molecule has 0 aliphatic heterocycles. The second kappa shape index (κ2) is 5.78. The second-order valence-corrected chi connectivity index (χ2v) is 7.23. The molecule has 0 bridgehead atoms. The highest BCUT2D eigenvalue weighted by Gasteiger charge is 2.22. The minimum Gasteiger partial charge on any atom is -0.389 e. The summed E-state index contributed by atoms with van der Waals surface area (Å²) in [5, 5.41) is 4.86. The molecule has 0 unspecified atom stereocenters. The van der Waals surface area contributed by atoms with Crippen LogP contribution in [0.2, 0.25) is 0 Å². The van der Waals surface area contributed by atoms with Crippen LogP contribution in [0.15, 0.2) is 10.7 Å². The molecule has 0 fully saturated rings. The minimum atomic E-state index is 0.453. The molecule has 2 N–H and O–H groups in total. The summed E-state index contributed by atoms with van der Waals surface area (Å²) < 4.78 is 3.15. The van der Waals surface area contributed by atoms with Gasteiger partial charge in [0, 0.05) is 11.1 Å². The number of rotatable bonds is 2. The maximum atomic E-state index is 5.85. The quantitative estimate of drug-likeness (QED) is 0.801. The number of hydrogen-bond donors (Lipinski definition) is 1. The van der Waals surface area contributed by atoms with E-state index < -0.39 is 0 Å². The molecule has 1 aliphatic rings. The zero-order chi connectivity index (χ0) is 16.0. The van der Waals surface area contributed by atoms with Crippen LogP contribution >= 0.6 is 28.1 Å². The molecule has 3 rings (SSSR count). The van der Waals surface area contributed by atoms with E-state index in [9.17, 15) is 0 Å². The highest BCUT2D eigenvalue weighted by molar-refractivity contribution is 9.10. The van der Waals surface area contributed by atoms with Crippen LogP contribution in [0, 0.1) is 20.8 Å². The Kier molecular flexibility index (Phi) is 4.12. The fourth-order valence-corrected chi connectivity index (χ4v) is 4.21. The molecule has 0 saturated heterocycles. The van der Waals surface area contributed by atoms with Crippen LogP contribution in [-0.4, -0.2) is 14.8 Å². The molecule has 22 heavy (non-hydrogen) atoms. The minimum absolute atomic E-state index is 0.453. The van der Waals surface area contributed by atoms with Crippen molar-refractivity contribution in [2.24, 2.45) is 5.73 Å². The average Bonchev–Trinajstić information content (AvgIpc) is 2.80. The third kappa shape index (κ3) is 2.40. The van der Waals surface area contributed by atoms with Crippen LogP contribution in [0.25, 0.3) is 5.69 Å². The van der Waals surface area contributed by atoms with E-state index in [4.69, 9.17) is 23.1 Å². The first-order chi connectivity index (χ1) is 10.4.